The van der Waals surface area contributed by atoms with Gasteiger partial charge in [-0.2, -0.15) is 0 Å². The van der Waals surface area contributed by atoms with Gasteiger partial charge >= 0.3 is 0 Å². The molecule has 0 spiro atoms. The van der Waals surface area contributed by atoms with Crippen LogP contribution in [-0.2, 0) is 9.84 Å². The fraction of sp³-hybridized carbons (Fsp3) is 0.0870. The first kappa shape index (κ1) is 19.0. The van der Waals surface area contributed by atoms with E-state index in [-0.39, 0.29) is 16.1 Å². The van der Waals surface area contributed by atoms with Gasteiger partial charge in [-0.1, -0.05) is 24.3 Å². The molecule has 0 aliphatic carbocycles. The fourth-order valence-electron chi connectivity index (χ4n) is 3.23. The zero-order chi connectivity index (χ0) is 20.8. The number of aryl methyl sites for hydroxylation is 1. The van der Waals surface area contributed by atoms with E-state index >= 15 is 0 Å². The molecule has 6 heteroatoms. The van der Waals surface area contributed by atoms with Crippen molar-refractivity contribution in [3.8, 4) is 28.2 Å². The fourth-order valence-corrected chi connectivity index (χ4v) is 3.86. The van der Waals surface area contributed by atoms with E-state index in [0.29, 0.717) is 39.0 Å². The molecule has 0 aliphatic heterocycles. The van der Waals surface area contributed by atoms with Gasteiger partial charge in [-0.25, -0.2) is 8.42 Å². The van der Waals surface area contributed by atoms with Crippen LogP contribution in [0.2, 0.25) is 0 Å². The summed E-state index contributed by atoms with van der Waals surface area (Å²) in [6.45, 7) is 1.77. The van der Waals surface area contributed by atoms with Crippen LogP contribution in [0.5, 0.6) is 5.75 Å². The van der Waals surface area contributed by atoms with Gasteiger partial charge < -0.3 is 9.52 Å². The van der Waals surface area contributed by atoms with Gasteiger partial charge in [-0.15, -0.1) is 0 Å². The summed E-state index contributed by atoms with van der Waals surface area (Å²) in [6.07, 6.45) is 1.14. The lowest BCUT2D eigenvalue weighted by Crippen LogP contribution is -2.07. The molecule has 0 amide bonds. The van der Waals surface area contributed by atoms with Crippen molar-refractivity contribution in [1.29, 1.82) is 0 Å². The second-order valence-corrected chi connectivity index (χ2v) is 8.95. The van der Waals surface area contributed by atoms with E-state index < -0.39 is 9.84 Å². The van der Waals surface area contributed by atoms with E-state index in [1.54, 1.807) is 55.5 Å². The molecule has 3 aromatic carbocycles. The Kier molecular flexibility index (Phi) is 4.51. The SMILES string of the molecule is Cc1ccc(-c2c(-c3ccc(S(C)(=O)=O)cc3)oc3ccccc3c2=O)cc1O. The highest BCUT2D eigenvalue weighted by molar-refractivity contribution is 7.90. The Labute approximate surface area is 167 Å². The molecular weight excluding hydrogens is 388 g/mol. The smallest absolute Gasteiger partial charge is 0.201 e. The van der Waals surface area contributed by atoms with Crippen molar-refractivity contribution in [3.05, 3.63) is 82.5 Å². The van der Waals surface area contributed by atoms with E-state index in [1.165, 1.54) is 18.2 Å². The number of para-hydroxylation sites is 1. The average molecular weight is 406 g/mol. The van der Waals surface area contributed by atoms with E-state index in [2.05, 4.69) is 0 Å². The number of hydrogen-bond acceptors (Lipinski definition) is 5. The molecule has 0 radical (unpaired) electrons. The molecule has 5 nitrogen and oxygen atoms in total. The van der Waals surface area contributed by atoms with Gasteiger partial charge in [0.2, 0.25) is 5.43 Å². The largest absolute Gasteiger partial charge is 0.508 e. The van der Waals surface area contributed by atoms with Crippen molar-refractivity contribution in [1.82, 2.24) is 0 Å². The monoisotopic (exact) mass is 406 g/mol. The first-order valence-electron chi connectivity index (χ1n) is 8.92. The first-order chi connectivity index (χ1) is 13.8. The Morgan fingerprint density at radius 2 is 1.55 bits per heavy atom. The summed E-state index contributed by atoms with van der Waals surface area (Å²) < 4.78 is 29.6. The summed E-state index contributed by atoms with van der Waals surface area (Å²) in [5, 5.41) is 10.6. The Morgan fingerprint density at radius 3 is 2.21 bits per heavy atom. The number of fused-ring (bicyclic) bond motifs is 1. The zero-order valence-electron chi connectivity index (χ0n) is 15.8. The molecule has 4 rings (SSSR count). The molecule has 0 unspecified atom stereocenters. The summed E-state index contributed by atoms with van der Waals surface area (Å²) >= 11 is 0. The predicted octanol–water partition coefficient (Wildman–Crippen LogP) is 4.54. The maximum absolute atomic E-state index is 13.3. The van der Waals surface area contributed by atoms with Gasteiger partial charge in [0.1, 0.15) is 17.1 Å². The van der Waals surface area contributed by atoms with Crippen molar-refractivity contribution in [2.75, 3.05) is 6.26 Å². The van der Waals surface area contributed by atoms with E-state index in [0.717, 1.165) is 6.26 Å². The number of benzene rings is 3. The molecule has 0 fully saturated rings. The first-order valence-corrected chi connectivity index (χ1v) is 10.8. The minimum absolute atomic E-state index is 0.0773. The van der Waals surface area contributed by atoms with Crippen LogP contribution in [-0.4, -0.2) is 19.8 Å². The summed E-state index contributed by atoms with van der Waals surface area (Å²) in [5.41, 5.74) is 2.30. The van der Waals surface area contributed by atoms with Crippen molar-refractivity contribution >= 4 is 20.8 Å². The standard InChI is InChI=1S/C23H18O5S/c1-14-7-8-16(13-19(14)24)21-22(25)18-5-3-4-6-20(18)28-23(21)15-9-11-17(12-10-15)29(2,26)27/h3-13,24H,1-2H3. The summed E-state index contributed by atoms with van der Waals surface area (Å²) in [7, 11) is -3.34. The summed E-state index contributed by atoms with van der Waals surface area (Å²) in [5.74, 6) is 0.394. The number of phenolic OH excluding ortho intramolecular Hbond substituents is 1. The zero-order valence-corrected chi connectivity index (χ0v) is 16.7. The molecule has 0 atom stereocenters. The predicted molar refractivity (Wildman–Crippen MR) is 113 cm³/mol. The molecule has 0 saturated heterocycles. The molecule has 0 bridgehead atoms. The highest BCUT2D eigenvalue weighted by Gasteiger charge is 2.19. The quantitative estimate of drug-likeness (QED) is 0.540. The van der Waals surface area contributed by atoms with Crippen LogP contribution in [0, 0.1) is 6.92 Å². The highest BCUT2D eigenvalue weighted by atomic mass is 32.2. The van der Waals surface area contributed by atoms with Gasteiger partial charge in [-0.3, -0.25) is 4.79 Å². The maximum atomic E-state index is 13.3. The van der Waals surface area contributed by atoms with E-state index in [9.17, 15) is 18.3 Å². The topological polar surface area (TPSA) is 84.6 Å². The molecule has 4 aromatic rings. The van der Waals surface area contributed by atoms with Crippen LogP contribution in [0.15, 0.2) is 80.8 Å². The average Bonchev–Trinajstić information content (AvgIpc) is 2.70. The van der Waals surface area contributed by atoms with Crippen LogP contribution in [0.1, 0.15) is 5.56 Å². The Morgan fingerprint density at radius 1 is 0.897 bits per heavy atom. The summed E-state index contributed by atoms with van der Waals surface area (Å²) in [6, 6.07) is 18.1. The molecule has 0 saturated carbocycles. The van der Waals surface area contributed by atoms with Crippen LogP contribution in [0.3, 0.4) is 0 Å². The Hall–Kier alpha value is -3.38. The van der Waals surface area contributed by atoms with Gasteiger partial charge in [-0.05, 0) is 60.5 Å². The Bertz CT molecular complexity index is 1400. The second kappa shape index (κ2) is 6.90. The number of phenols is 1. The number of sulfone groups is 1. The number of hydrogen-bond donors (Lipinski definition) is 1. The lowest BCUT2D eigenvalue weighted by Gasteiger charge is -2.12. The van der Waals surface area contributed by atoms with Gasteiger partial charge in [0.25, 0.3) is 0 Å². The van der Waals surface area contributed by atoms with E-state index in [4.69, 9.17) is 4.42 Å². The summed E-state index contributed by atoms with van der Waals surface area (Å²) in [4.78, 5) is 13.5. The molecule has 146 valence electrons. The molecule has 1 N–H and O–H groups in total. The maximum Gasteiger partial charge on any atom is 0.201 e. The molecule has 1 heterocycles. The van der Waals surface area contributed by atoms with Crippen molar-refractivity contribution in [2.45, 2.75) is 11.8 Å². The highest BCUT2D eigenvalue weighted by Crippen LogP contribution is 2.34. The third-order valence-electron chi connectivity index (χ3n) is 4.84. The molecule has 29 heavy (non-hydrogen) atoms. The lowest BCUT2D eigenvalue weighted by atomic mass is 9.97. The number of aromatic hydroxyl groups is 1. The van der Waals surface area contributed by atoms with E-state index in [1.807, 2.05) is 0 Å². The van der Waals surface area contributed by atoms with Crippen LogP contribution in [0.25, 0.3) is 33.4 Å². The molecular formula is C23H18O5S. The van der Waals surface area contributed by atoms with Crippen LogP contribution >= 0.6 is 0 Å². The third-order valence-corrected chi connectivity index (χ3v) is 5.97. The van der Waals surface area contributed by atoms with Crippen molar-refractivity contribution < 1.29 is 17.9 Å². The molecule has 1 aromatic heterocycles. The molecule has 0 aliphatic rings. The normalized spacial score (nSPS) is 11.7. The minimum Gasteiger partial charge on any atom is -0.508 e. The minimum atomic E-state index is -3.34. The number of rotatable bonds is 3. The van der Waals surface area contributed by atoms with Crippen molar-refractivity contribution in [2.24, 2.45) is 0 Å². The van der Waals surface area contributed by atoms with Gasteiger partial charge in [0, 0.05) is 11.8 Å². The third kappa shape index (κ3) is 3.43. The second-order valence-electron chi connectivity index (χ2n) is 6.93. The van der Waals surface area contributed by atoms with Crippen LogP contribution in [0.4, 0.5) is 0 Å². The lowest BCUT2D eigenvalue weighted by molar-refractivity contribution is 0.471. The van der Waals surface area contributed by atoms with Crippen LogP contribution < -0.4 is 5.43 Å². The van der Waals surface area contributed by atoms with Gasteiger partial charge in [0.05, 0.1) is 15.8 Å². The van der Waals surface area contributed by atoms with Crippen molar-refractivity contribution in [3.63, 3.8) is 0 Å². The Balaban J connectivity index is 2.04. The van der Waals surface area contributed by atoms with Gasteiger partial charge in [0.15, 0.2) is 9.84 Å².